The number of nitrogens with one attached hydrogen (secondary N) is 1. The van der Waals surface area contributed by atoms with Gasteiger partial charge in [0.25, 0.3) is 5.91 Å². The molecule has 0 spiro atoms. The van der Waals surface area contributed by atoms with Gasteiger partial charge < -0.3 is 10.1 Å². The van der Waals surface area contributed by atoms with Gasteiger partial charge in [-0.25, -0.2) is 4.39 Å². The predicted octanol–water partition coefficient (Wildman–Crippen LogP) is 4.14. The Bertz CT molecular complexity index is 662. The van der Waals surface area contributed by atoms with Gasteiger partial charge in [-0.1, -0.05) is 39.0 Å². The Morgan fingerprint density at radius 2 is 1.86 bits per heavy atom. The molecule has 0 bridgehead atoms. The monoisotopic (exact) mass is 301 g/mol. The summed E-state index contributed by atoms with van der Waals surface area (Å²) in [5.74, 6) is -0.0785. The van der Waals surface area contributed by atoms with E-state index in [9.17, 15) is 9.18 Å². The van der Waals surface area contributed by atoms with Crippen molar-refractivity contribution in [2.24, 2.45) is 0 Å². The molecule has 2 aromatic rings. The second-order valence-corrected chi connectivity index (χ2v) is 6.13. The van der Waals surface area contributed by atoms with Crippen LogP contribution in [0.25, 0.3) is 0 Å². The summed E-state index contributed by atoms with van der Waals surface area (Å²) in [6.07, 6.45) is 0. The van der Waals surface area contributed by atoms with Crippen molar-refractivity contribution < 1.29 is 13.9 Å². The average Bonchev–Trinajstić information content (AvgIpc) is 2.45. The lowest BCUT2D eigenvalue weighted by atomic mass is 9.87. The van der Waals surface area contributed by atoms with Gasteiger partial charge in [-0.05, 0) is 41.3 Å². The van der Waals surface area contributed by atoms with Gasteiger partial charge in [0.05, 0.1) is 0 Å². The van der Waals surface area contributed by atoms with Gasteiger partial charge in [-0.2, -0.15) is 0 Å². The maximum absolute atomic E-state index is 13.0. The van der Waals surface area contributed by atoms with Crippen molar-refractivity contribution in [3.8, 4) is 5.75 Å². The summed E-state index contributed by atoms with van der Waals surface area (Å²) >= 11 is 0. The fourth-order valence-electron chi connectivity index (χ4n) is 1.96. The van der Waals surface area contributed by atoms with Crippen LogP contribution in [0, 0.1) is 5.82 Å². The van der Waals surface area contributed by atoms with Gasteiger partial charge in [-0.3, -0.25) is 4.79 Å². The molecule has 0 aliphatic rings. The SMILES string of the molecule is CC(C)(C)c1cccc(OCC(=O)Nc2cccc(F)c2)c1. The molecule has 0 heterocycles. The Morgan fingerprint density at radius 3 is 2.55 bits per heavy atom. The molecule has 2 rings (SSSR count). The Morgan fingerprint density at radius 1 is 1.14 bits per heavy atom. The van der Waals surface area contributed by atoms with Crippen LogP contribution >= 0.6 is 0 Å². The van der Waals surface area contributed by atoms with Gasteiger partial charge in [-0.15, -0.1) is 0 Å². The molecule has 0 radical (unpaired) electrons. The van der Waals surface area contributed by atoms with Gasteiger partial charge in [0.2, 0.25) is 0 Å². The minimum Gasteiger partial charge on any atom is -0.484 e. The number of hydrogen-bond donors (Lipinski definition) is 1. The topological polar surface area (TPSA) is 38.3 Å². The molecule has 3 nitrogen and oxygen atoms in total. The number of rotatable bonds is 4. The number of benzene rings is 2. The average molecular weight is 301 g/mol. The van der Waals surface area contributed by atoms with Crippen molar-refractivity contribution in [3.05, 3.63) is 59.9 Å². The molecule has 0 aromatic heterocycles. The zero-order valence-corrected chi connectivity index (χ0v) is 13.0. The molecule has 0 saturated heterocycles. The highest BCUT2D eigenvalue weighted by Gasteiger charge is 2.14. The third-order valence-corrected chi connectivity index (χ3v) is 3.18. The van der Waals surface area contributed by atoms with Crippen LogP contribution in [-0.4, -0.2) is 12.5 Å². The lowest BCUT2D eigenvalue weighted by Gasteiger charge is -2.19. The van der Waals surface area contributed by atoms with E-state index in [1.54, 1.807) is 12.1 Å². The smallest absolute Gasteiger partial charge is 0.262 e. The second-order valence-electron chi connectivity index (χ2n) is 6.13. The summed E-state index contributed by atoms with van der Waals surface area (Å²) < 4.78 is 18.5. The second kappa shape index (κ2) is 6.60. The van der Waals surface area contributed by atoms with E-state index in [0.717, 1.165) is 5.56 Å². The third kappa shape index (κ3) is 4.58. The number of carbonyl (C=O) groups excluding carboxylic acids is 1. The van der Waals surface area contributed by atoms with Gasteiger partial charge in [0.15, 0.2) is 6.61 Å². The highest BCUT2D eigenvalue weighted by atomic mass is 19.1. The molecule has 4 heteroatoms. The first-order valence-corrected chi connectivity index (χ1v) is 7.13. The van der Waals surface area contributed by atoms with E-state index in [-0.39, 0.29) is 17.9 Å². The quantitative estimate of drug-likeness (QED) is 0.921. The van der Waals surface area contributed by atoms with Crippen molar-refractivity contribution in [2.45, 2.75) is 26.2 Å². The van der Waals surface area contributed by atoms with Crippen molar-refractivity contribution >= 4 is 11.6 Å². The molecule has 1 amide bonds. The van der Waals surface area contributed by atoms with E-state index >= 15 is 0 Å². The number of amides is 1. The molecule has 116 valence electrons. The molecule has 2 aromatic carbocycles. The van der Waals surface area contributed by atoms with Gasteiger partial charge >= 0.3 is 0 Å². The first-order valence-electron chi connectivity index (χ1n) is 7.13. The van der Waals surface area contributed by atoms with Crippen LogP contribution in [0.4, 0.5) is 10.1 Å². The number of ether oxygens (including phenoxy) is 1. The molecule has 0 saturated carbocycles. The summed E-state index contributed by atoms with van der Waals surface area (Å²) in [4.78, 5) is 11.8. The number of anilines is 1. The molecule has 0 aliphatic heterocycles. The molecule has 22 heavy (non-hydrogen) atoms. The van der Waals surface area contributed by atoms with E-state index in [1.807, 2.05) is 24.3 Å². The Hall–Kier alpha value is -2.36. The lowest BCUT2D eigenvalue weighted by Crippen LogP contribution is -2.20. The molecule has 0 unspecified atom stereocenters. The standard InChI is InChI=1S/C18H20FNO2/c1-18(2,3)13-6-4-9-16(10-13)22-12-17(21)20-15-8-5-7-14(19)11-15/h4-11H,12H2,1-3H3,(H,20,21). The van der Waals surface area contributed by atoms with Crippen LogP contribution in [0.15, 0.2) is 48.5 Å². The van der Waals surface area contributed by atoms with E-state index in [4.69, 9.17) is 4.74 Å². The highest BCUT2D eigenvalue weighted by molar-refractivity contribution is 5.91. The van der Waals surface area contributed by atoms with Crippen molar-refractivity contribution in [1.29, 1.82) is 0 Å². The Balaban J connectivity index is 1.94. The summed E-state index contributed by atoms with van der Waals surface area (Å²) in [5.41, 5.74) is 1.57. The van der Waals surface area contributed by atoms with Crippen LogP contribution in [0.5, 0.6) is 5.75 Å². The van der Waals surface area contributed by atoms with Crippen molar-refractivity contribution in [1.82, 2.24) is 0 Å². The molecular formula is C18H20FNO2. The van der Waals surface area contributed by atoms with Crippen LogP contribution in [0.2, 0.25) is 0 Å². The molecule has 1 N–H and O–H groups in total. The van der Waals surface area contributed by atoms with Crippen LogP contribution in [-0.2, 0) is 10.2 Å². The number of hydrogen-bond acceptors (Lipinski definition) is 2. The van der Waals surface area contributed by atoms with Crippen LogP contribution < -0.4 is 10.1 Å². The third-order valence-electron chi connectivity index (χ3n) is 3.18. The van der Waals surface area contributed by atoms with Crippen LogP contribution in [0.3, 0.4) is 0 Å². The van der Waals surface area contributed by atoms with E-state index in [2.05, 4.69) is 26.1 Å². The Labute approximate surface area is 130 Å². The fourth-order valence-corrected chi connectivity index (χ4v) is 1.96. The number of halogens is 1. The predicted molar refractivity (Wildman–Crippen MR) is 85.7 cm³/mol. The minimum absolute atomic E-state index is 0.0171. The van der Waals surface area contributed by atoms with E-state index in [0.29, 0.717) is 11.4 Å². The van der Waals surface area contributed by atoms with Crippen molar-refractivity contribution in [2.75, 3.05) is 11.9 Å². The largest absolute Gasteiger partial charge is 0.484 e. The van der Waals surface area contributed by atoms with E-state index < -0.39 is 5.82 Å². The lowest BCUT2D eigenvalue weighted by molar-refractivity contribution is -0.118. The van der Waals surface area contributed by atoms with Gasteiger partial charge in [0.1, 0.15) is 11.6 Å². The first kappa shape index (κ1) is 16.0. The first-order chi connectivity index (χ1) is 10.3. The zero-order chi connectivity index (χ0) is 16.2. The summed E-state index contributed by atoms with van der Waals surface area (Å²) in [7, 11) is 0. The maximum Gasteiger partial charge on any atom is 0.262 e. The molecule has 0 aliphatic carbocycles. The zero-order valence-electron chi connectivity index (χ0n) is 13.0. The van der Waals surface area contributed by atoms with Crippen molar-refractivity contribution in [3.63, 3.8) is 0 Å². The van der Waals surface area contributed by atoms with Gasteiger partial charge in [0, 0.05) is 5.69 Å². The summed E-state index contributed by atoms with van der Waals surface area (Å²) in [6.45, 7) is 6.22. The minimum atomic E-state index is -0.392. The molecule has 0 fully saturated rings. The number of carbonyl (C=O) groups is 1. The molecule has 0 atom stereocenters. The normalized spacial score (nSPS) is 11.1. The summed E-state index contributed by atoms with van der Waals surface area (Å²) in [5, 5.41) is 2.59. The van der Waals surface area contributed by atoms with E-state index in [1.165, 1.54) is 12.1 Å². The fraction of sp³-hybridized carbons (Fsp3) is 0.278. The Kier molecular flexibility index (Phi) is 4.81. The summed E-state index contributed by atoms with van der Waals surface area (Å²) in [6, 6.07) is 13.4. The van der Waals surface area contributed by atoms with Crippen LogP contribution in [0.1, 0.15) is 26.3 Å². The molecular weight excluding hydrogens is 281 g/mol. The maximum atomic E-state index is 13.0. The highest BCUT2D eigenvalue weighted by Crippen LogP contribution is 2.25.